The first-order valence-corrected chi connectivity index (χ1v) is 11.7. The number of benzene rings is 4. The van der Waals surface area contributed by atoms with E-state index >= 15 is 0 Å². The Bertz CT molecular complexity index is 1450. The Hall–Kier alpha value is -3.38. The summed E-state index contributed by atoms with van der Waals surface area (Å²) in [6.07, 6.45) is 2.37. The molecule has 0 heterocycles. The summed E-state index contributed by atoms with van der Waals surface area (Å²) in [6, 6.07) is 29.2. The molecule has 2 atom stereocenters. The molecule has 6 rings (SSSR count). The van der Waals surface area contributed by atoms with E-state index < -0.39 is 0 Å². The third-order valence-corrected chi connectivity index (χ3v) is 7.83. The highest BCUT2D eigenvalue weighted by atomic mass is 14.4. The fourth-order valence-corrected chi connectivity index (χ4v) is 5.87. The maximum absolute atomic E-state index is 2.38. The van der Waals surface area contributed by atoms with Crippen LogP contribution in [0.15, 0.2) is 90.0 Å². The van der Waals surface area contributed by atoms with E-state index in [1.165, 1.54) is 66.4 Å². The molecule has 0 spiro atoms. The van der Waals surface area contributed by atoms with Crippen LogP contribution in [0.4, 0.5) is 0 Å². The molecule has 0 radical (unpaired) electrons. The third kappa shape index (κ3) is 2.62. The van der Waals surface area contributed by atoms with Crippen LogP contribution in [0.25, 0.3) is 33.5 Å². The summed E-state index contributed by atoms with van der Waals surface area (Å²) in [5.41, 5.74) is 14.2. The average Bonchev–Trinajstić information content (AvgIpc) is 3.26. The lowest BCUT2D eigenvalue weighted by Gasteiger charge is -2.21. The molecule has 4 aromatic carbocycles. The van der Waals surface area contributed by atoms with E-state index in [1.54, 1.807) is 0 Å². The predicted molar refractivity (Wildman–Crippen MR) is 138 cm³/mol. The summed E-state index contributed by atoms with van der Waals surface area (Å²) in [7, 11) is 0. The zero-order valence-corrected chi connectivity index (χ0v) is 19.2. The van der Waals surface area contributed by atoms with Gasteiger partial charge in [0, 0.05) is 11.8 Å². The number of rotatable bonds is 2. The normalized spacial score (nSPS) is 19.3. The molecule has 0 fully saturated rings. The van der Waals surface area contributed by atoms with Gasteiger partial charge in [0.25, 0.3) is 0 Å². The minimum atomic E-state index is 0.429. The van der Waals surface area contributed by atoms with Gasteiger partial charge < -0.3 is 0 Å². The Morgan fingerprint density at radius 2 is 1.41 bits per heavy atom. The Morgan fingerprint density at radius 3 is 2.22 bits per heavy atom. The molecule has 0 nitrogen and oxygen atoms in total. The quantitative estimate of drug-likeness (QED) is 0.308. The fourth-order valence-electron chi connectivity index (χ4n) is 5.87. The lowest BCUT2D eigenvalue weighted by atomic mass is 9.82. The van der Waals surface area contributed by atoms with Crippen molar-refractivity contribution in [2.75, 3.05) is 0 Å². The van der Waals surface area contributed by atoms with Crippen molar-refractivity contribution < 1.29 is 0 Å². The lowest BCUT2D eigenvalue weighted by molar-refractivity contribution is 0.919. The van der Waals surface area contributed by atoms with Gasteiger partial charge in [0.15, 0.2) is 0 Å². The second-order valence-electron chi connectivity index (χ2n) is 9.50. The summed E-state index contributed by atoms with van der Waals surface area (Å²) in [5, 5.41) is 2.68. The number of hydrogen-bond acceptors (Lipinski definition) is 0. The molecule has 0 aliphatic heterocycles. The minimum absolute atomic E-state index is 0.429. The van der Waals surface area contributed by atoms with Crippen LogP contribution in [0.3, 0.4) is 0 Å². The molecule has 0 amide bonds. The van der Waals surface area contributed by atoms with E-state index in [0.717, 1.165) is 0 Å². The van der Waals surface area contributed by atoms with E-state index in [9.17, 15) is 0 Å². The van der Waals surface area contributed by atoms with Crippen LogP contribution in [-0.4, -0.2) is 0 Å². The molecule has 0 saturated heterocycles. The minimum Gasteiger partial charge on any atom is -0.0655 e. The first kappa shape index (κ1) is 19.3. The summed E-state index contributed by atoms with van der Waals surface area (Å²) >= 11 is 0. The third-order valence-electron chi connectivity index (χ3n) is 7.83. The van der Waals surface area contributed by atoms with Gasteiger partial charge in [-0.25, -0.2) is 0 Å². The maximum Gasteiger partial charge on any atom is 0.00328 e. The van der Waals surface area contributed by atoms with E-state index in [1.807, 2.05) is 0 Å². The maximum atomic E-state index is 2.38. The van der Waals surface area contributed by atoms with Gasteiger partial charge in [0.2, 0.25) is 0 Å². The van der Waals surface area contributed by atoms with E-state index in [0.29, 0.717) is 11.8 Å². The molecule has 2 aliphatic carbocycles. The van der Waals surface area contributed by atoms with Crippen molar-refractivity contribution in [1.82, 2.24) is 0 Å². The molecule has 0 saturated carbocycles. The van der Waals surface area contributed by atoms with Gasteiger partial charge in [0.1, 0.15) is 0 Å². The van der Waals surface area contributed by atoms with E-state index in [2.05, 4.69) is 113 Å². The number of fused-ring (bicyclic) bond motifs is 4. The molecule has 0 aromatic heterocycles. The smallest absolute Gasteiger partial charge is 0.00328 e. The average molecular weight is 413 g/mol. The van der Waals surface area contributed by atoms with Crippen molar-refractivity contribution in [2.45, 2.75) is 39.5 Å². The Labute approximate surface area is 190 Å². The summed E-state index contributed by atoms with van der Waals surface area (Å²) in [6.45, 7) is 9.32. The first-order valence-electron chi connectivity index (χ1n) is 11.7. The van der Waals surface area contributed by atoms with Crippen molar-refractivity contribution in [2.24, 2.45) is 0 Å². The van der Waals surface area contributed by atoms with Crippen LogP contribution < -0.4 is 0 Å². The Morgan fingerprint density at radius 1 is 0.656 bits per heavy atom. The van der Waals surface area contributed by atoms with Crippen LogP contribution in [0.5, 0.6) is 0 Å². The van der Waals surface area contributed by atoms with Crippen molar-refractivity contribution in [3.63, 3.8) is 0 Å². The van der Waals surface area contributed by atoms with Gasteiger partial charge in [-0.1, -0.05) is 110 Å². The second kappa shape index (κ2) is 7.07. The van der Waals surface area contributed by atoms with Crippen LogP contribution in [0.2, 0.25) is 0 Å². The molecule has 4 aromatic rings. The van der Waals surface area contributed by atoms with E-state index in [-0.39, 0.29) is 0 Å². The van der Waals surface area contributed by atoms with Crippen molar-refractivity contribution in [3.8, 4) is 11.1 Å². The standard InChI is InChI=1S/C32H28/c1-19-18-25-15-17-28(31(29(25)20(19)2)24-11-6-5-7-12-24)30-22(4)21(3)26-16-14-23-10-8-9-13-27(23)32(26)30/h5-18,20-21H,1-4H3. The van der Waals surface area contributed by atoms with Crippen molar-refractivity contribution in [1.29, 1.82) is 0 Å². The first-order chi connectivity index (χ1) is 15.6. The summed E-state index contributed by atoms with van der Waals surface area (Å²) in [4.78, 5) is 0. The Balaban J connectivity index is 1.71. The molecule has 2 aliphatic rings. The van der Waals surface area contributed by atoms with Crippen LogP contribution in [0, 0.1) is 0 Å². The topological polar surface area (TPSA) is 0 Å². The lowest BCUT2D eigenvalue weighted by Crippen LogP contribution is -2.01. The molecule has 2 unspecified atom stereocenters. The molecular weight excluding hydrogens is 384 g/mol. The predicted octanol–water partition coefficient (Wildman–Crippen LogP) is 8.97. The Kier molecular flexibility index (Phi) is 4.27. The zero-order valence-electron chi connectivity index (χ0n) is 19.2. The largest absolute Gasteiger partial charge is 0.0655 e. The van der Waals surface area contributed by atoms with Crippen molar-refractivity contribution >= 4 is 22.4 Å². The summed E-state index contributed by atoms with van der Waals surface area (Å²) in [5.74, 6) is 0.866. The summed E-state index contributed by atoms with van der Waals surface area (Å²) < 4.78 is 0. The SMILES string of the molecule is CC1=Cc2ccc(C3=C(C)C(C)c4ccc5ccccc5c43)c(-c3ccccc3)c2C1C. The zero-order chi connectivity index (χ0) is 22.0. The fraction of sp³-hybridized carbons (Fsp3) is 0.188. The van der Waals surface area contributed by atoms with Crippen LogP contribution in [0.1, 0.15) is 67.3 Å². The molecule has 0 bridgehead atoms. The highest BCUT2D eigenvalue weighted by Crippen LogP contribution is 2.52. The monoisotopic (exact) mass is 412 g/mol. The van der Waals surface area contributed by atoms with Crippen LogP contribution in [-0.2, 0) is 0 Å². The highest BCUT2D eigenvalue weighted by Gasteiger charge is 2.32. The molecule has 156 valence electrons. The van der Waals surface area contributed by atoms with Crippen molar-refractivity contribution in [3.05, 3.63) is 118 Å². The van der Waals surface area contributed by atoms with Gasteiger partial charge in [-0.2, -0.15) is 0 Å². The van der Waals surface area contributed by atoms with Gasteiger partial charge in [-0.05, 0) is 69.1 Å². The van der Waals surface area contributed by atoms with Gasteiger partial charge in [-0.3, -0.25) is 0 Å². The molecular formula is C32H28. The molecule has 0 heteroatoms. The second-order valence-corrected chi connectivity index (χ2v) is 9.50. The van der Waals surface area contributed by atoms with Gasteiger partial charge in [-0.15, -0.1) is 0 Å². The molecule has 32 heavy (non-hydrogen) atoms. The number of hydrogen-bond donors (Lipinski definition) is 0. The highest BCUT2D eigenvalue weighted by molar-refractivity contribution is 6.05. The van der Waals surface area contributed by atoms with Gasteiger partial charge in [0.05, 0.1) is 0 Å². The van der Waals surface area contributed by atoms with Crippen LogP contribution >= 0.6 is 0 Å². The molecule has 0 N–H and O–H groups in total. The van der Waals surface area contributed by atoms with Gasteiger partial charge >= 0.3 is 0 Å². The van der Waals surface area contributed by atoms with E-state index in [4.69, 9.17) is 0 Å². The number of allylic oxidation sites excluding steroid dienone is 2.